The number of rotatable bonds is 5. The molecule has 1 aromatic carbocycles. The van der Waals surface area contributed by atoms with E-state index in [1.54, 1.807) is 31.4 Å². The minimum atomic E-state index is -0.207. The number of benzene rings is 1. The smallest absolute Gasteiger partial charge is 0.251 e. The molecule has 2 amide bonds. The Morgan fingerprint density at radius 1 is 1.16 bits per heavy atom. The first-order chi connectivity index (χ1) is 11.8. The summed E-state index contributed by atoms with van der Waals surface area (Å²) in [6.07, 6.45) is 1.70. The van der Waals surface area contributed by atoms with E-state index in [9.17, 15) is 9.59 Å². The highest BCUT2D eigenvalue weighted by molar-refractivity contribution is 5.94. The van der Waals surface area contributed by atoms with E-state index in [1.807, 2.05) is 20.8 Å². The summed E-state index contributed by atoms with van der Waals surface area (Å²) < 4.78 is 5.10. The fraction of sp³-hybridized carbons (Fsp3) is 0.579. The summed E-state index contributed by atoms with van der Waals surface area (Å²) in [5, 5.41) is 6.06. The molecule has 0 atom stereocenters. The van der Waals surface area contributed by atoms with Gasteiger partial charge >= 0.3 is 0 Å². The molecule has 6 heteroatoms. The van der Waals surface area contributed by atoms with E-state index in [1.165, 1.54) is 0 Å². The molecular weight excluding hydrogens is 318 g/mol. The largest absolute Gasteiger partial charge is 0.497 e. The lowest BCUT2D eigenvalue weighted by molar-refractivity contribution is -0.123. The molecule has 138 valence electrons. The monoisotopic (exact) mass is 347 g/mol. The Labute approximate surface area is 149 Å². The Bertz CT molecular complexity index is 585. The van der Waals surface area contributed by atoms with Crippen molar-refractivity contribution in [2.45, 2.75) is 45.2 Å². The number of likely N-dealkylation sites (tertiary alicyclic amines) is 1. The number of hydrogen-bond acceptors (Lipinski definition) is 4. The quantitative estimate of drug-likeness (QED) is 0.852. The highest BCUT2D eigenvalue weighted by Crippen LogP contribution is 2.14. The number of ether oxygens (including phenoxy) is 1. The van der Waals surface area contributed by atoms with Crippen LogP contribution < -0.4 is 15.4 Å². The van der Waals surface area contributed by atoms with Crippen LogP contribution >= 0.6 is 0 Å². The number of amides is 2. The van der Waals surface area contributed by atoms with Crippen molar-refractivity contribution in [1.29, 1.82) is 0 Å². The second-order valence-electron chi connectivity index (χ2n) is 7.55. The van der Waals surface area contributed by atoms with E-state index in [0.717, 1.165) is 31.7 Å². The molecule has 2 N–H and O–H groups in total. The summed E-state index contributed by atoms with van der Waals surface area (Å²) in [6, 6.07) is 7.24. The zero-order valence-corrected chi connectivity index (χ0v) is 15.6. The molecular formula is C19H29N3O3. The molecule has 6 nitrogen and oxygen atoms in total. The second kappa shape index (κ2) is 8.34. The van der Waals surface area contributed by atoms with Gasteiger partial charge in [-0.2, -0.15) is 0 Å². The lowest BCUT2D eigenvalue weighted by Crippen LogP contribution is -2.50. The number of nitrogens with zero attached hydrogens (tertiary/aromatic N) is 1. The standard InChI is InChI=1S/C19H29N3O3/c1-19(2,3)21-17(23)13-22-11-9-15(10-12-22)20-18(24)14-5-7-16(25-4)8-6-14/h5-8,15H,9-13H2,1-4H3,(H,20,24)(H,21,23). The molecule has 1 aliphatic heterocycles. The van der Waals surface area contributed by atoms with Crippen molar-refractivity contribution in [3.63, 3.8) is 0 Å². The SMILES string of the molecule is COc1ccc(C(=O)NC2CCN(CC(=O)NC(C)(C)C)CC2)cc1. The first kappa shape index (κ1) is 19.2. The molecule has 0 aliphatic carbocycles. The van der Waals surface area contributed by atoms with E-state index in [0.29, 0.717) is 12.1 Å². The predicted octanol–water partition coefficient (Wildman–Crippen LogP) is 1.80. The summed E-state index contributed by atoms with van der Waals surface area (Å²) in [6.45, 7) is 7.97. The summed E-state index contributed by atoms with van der Waals surface area (Å²) in [7, 11) is 1.60. The van der Waals surface area contributed by atoms with E-state index in [2.05, 4.69) is 15.5 Å². The van der Waals surface area contributed by atoms with Crippen molar-refractivity contribution in [2.75, 3.05) is 26.7 Å². The minimum Gasteiger partial charge on any atom is -0.497 e. The van der Waals surface area contributed by atoms with Gasteiger partial charge in [0.05, 0.1) is 13.7 Å². The van der Waals surface area contributed by atoms with Crippen LogP contribution in [0.2, 0.25) is 0 Å². The van der Waals surface area contributed by atoms with Crippen LogP contribution in [0.3, 0.4) is 0 Å². The number of methoxy groups -OCH3 is 1. The van der Waals surface area contributed by atoms with Crippen LogP contribution in [0.5, 0.6) is 5.75 Å². The summed E-state index contributed by atoms with van der Waals surface area (Å²) in [4.78, 5) is 26.4. The van der Waals surface area contributed by atoms with E-state index >= 15 is 0 Å². The van der Waals surface area contributed by atoms with Gasteiger partial charge in [-0.1, -0.05) is 0 Å². The molecule has 1 saturated heterocycles. The van der Waals surface area contributed by atoms with Gasteiger partial charge in [-0.15, -0.1) is 0 Å². The zero-order valence-electron chi connectivity index (χ0n) is 15.6. The Balaban J connectivity index is 1.76. The van der Waals surface area contributed by atoms with Gasteiger partial charge in [0.15, 0.2) is 0 Å². The molecule has 0 spiro atoms. The van der Waals surface area contributed by atoms with E-state index in [-0.39, 0.29) is 23.4 Å². The van der Waals surface area contributed by atoms with Crippen LogP contribution in [0.4, 0.5) is 0 Å². The zero-order chi connectivity index (χ0) is 18.4. The van der Waals surface area contributed by atoms with Crippen molar-refractivity contribution >= 4 is 11.8 Å². The maximum Gasteiger partial charge on any atom is 0.251 e. The molecule has 1 aromatic rings. The Hall–Kier alpha value is -2.08. The highest BCUT2D eigenvalue weighted by Gasteiger charge is 2.23. The number of hydrogen-bond donors (Lipinski definition) is 2. The maximum atomic E-state index is 12.3. The lowest BCUT2D eigenvalue weighted by atomic mass is 10.0. The maximum absolute atomic E-state index is 12.3. The lowest BCUT2D eigenvalue weighted by Gasteiger charge is -2.32. The summed E-state index contributed by atoms with van der Waals surface area (Å²) in [5.41, 5.74) is 0.426. The third kappa shape index (κ3) is 6.38. The highest BCUT2D eigenvalue weighted by atomic mass is 16.5. The second-order valence-corrected chi connectivity index (χ2v) is 7.55. The van der Waals surface area contributed by atoms with Crippen LogP contribution in [0, 0.1) is 0 Å². The van der Waals surface area contributed by atoms with Crippen LogP contribution in [0.15, 0.2) is 24.3 Å². The van der Waals surface area contributed by atoms with E-state index < -0.39 is 0 Å². The van der Waals surface area contributed by atoms with Crippen molar-refractivity contribution in [3.8, 4) is 5.75 Å². The van der Waals surface area contributed by atoms with Gasteiger partial charge in [-0.3, -0.25) is 14.5 Å². The number of piperidine rings is 1. The molecule has 0 unspecified atom stereocenters. The van der Waals surface area contributed by atoms with Crippen molar-refractivity contribution in [3.05, 3.63) is 29.8 Å². The molecule has 25 heavy (non-hydrogen) atoms. The van der Waals surface area contributed by atoms with Crippen molar-refractivity contribution in [2.24, 2.45) is 0 Å². The van der Waals surface area contributed by atoms with E-state index in [4.69, 9.17) is 4.74 Å². The summed E-state index contributed by atoms with van der Waals surface area (Å²) >= 11 is 0. The predicted molar refractivity (Wildman–Crippen MR) is 97.8 cm³/mol. The topological polar surface area (TPSA) is 70.7 Å². The fourth-order valence-corrected chi connectivity index (χ4v) is 2.91. The normalized spacial score (nSPS) is 16.3. The first-order valence-electron chi connectivity index (χ1n) is 8.75. The van der Waals surface area contributed by atoms with Gasteiger partial charge in [0.1, 0.15) is 5.75 Å². The molecule has 0 saturated carbocycles. The van der Waals surface area contributed by atoms with Crippen LogP contribution in [-0.4, -0.2) is 55.0 Å². The third-order valence-electron chi connectivity index (χ3n) is 4.16. The molecule has 0 aromatic heterocycles. The van der Waals surface area contributed by atoms with Crippen molar-refractivity contribution in [1.82, 2.24) is 15.5 Å². The van der Waals surface area contributed by atoms with Crippen LogP contribution in [-0.2, 0) is 4.79 Å². The molecule has 0 bridgehead atoms. The summed E-state index contributed by atoms with van der Waals surface area (Å²) in [5.74, 6) is 0.721. The van der Waals surface area contributed by atoms with Gasteiger partial charge in [0.2, 0.25) is 5.91 Å². The Morgan fingerprint density at radius 3 is 2.28 bits per heavy atom. The average Bonchev–Trinajstić information content (AvgIpc) is 2.55. The van der Waals surface area contributed by atoms with Gasteiger partial charge < -0.3 is 15.4 Å². The van der Waals surface area contributed by atoms with Gasteiger partial charge in [0, 0.05) is 30.2 Å². The van der Waals surface area contributed by atoms with Crippen molar-refractivity contribution < 1.29 is 14.3 Å². The molecule has 1 aliphatic rings. The Morgan fingerprint density at radius 2 is 1.76 bits per heavy atom. The fourth-order valence-electron chi connectivity index (χ4n) is 2.91. The number of carbonyl (C=O) groups excluding carboxylic acids is 2. The van der Waals surface area contributed by atoms with Gasteiger partial charge in [-0.25, -0.2) is 0 Å². The van der Waals surface area contributed by atoms with Gasteiger partial charge in [0.25, 0.3) is 5.91 Å². The van der Waals surface area contributed by atoms with Gasteiger partial charge in [-0.05, 0) is 57.9 Å². The minimum absolute atomic E-state index is 0.0493. The third-order valence-corrected chi connectivity index (χ3v) is 4.16. The number of nitrogens with one attached hydrogen (secondary N) is 2. The molecule has 0 radical (unpaired) electrons. The first-order valence-corrected chi connectivity index (χ1v) is 8.75. The molecule has 1 heterocycles. The Kier molecular flexibility index (Phi) is 6.42. The van der Waals surface area contributed by atoms with Crippen LogP contribution in [0.25, 0.3) is 0 Å². The number of carbonyl (C=O) groups is 2. The average molecular weight is 347 g/mol. The molecule has 1 fully saturated rings. The molecule has 2 rings (SSSR count). The van der Waals surface area contributed by atoms with Crippen LogP contribution in [0.1, 0.15) is 44.0 Å².